The number of halogens is 3. The molecule has 0 radical (unpaired) electrons. The molecule has 5 nitrogen and oxygen atoms in total. The normalized spacial score (nSPS) is 15.9. The first-order valence-electron chi connectivity index (χ1n) is 8.76. The van der Waals surface area contributed by atoms with Crippen molar-refractivity contribution in [2.45, 2.75) is 19.2 Å². The summed E-state index contributed by atoms with van der Waals surface area (Å²) in [6.07, 6.45) is -3.65. The summed E-state index contributed by atoms with van der Waals surface area (Å²) in [6.45, 7) is 0.675. The molecule has 1 unspecified atom stereocenters. The Morgan fingerprint density at radius 2 is 1.89 bits per heavy atom. The lowest BCUT2D eigenvalue weighted by molar-refractivity contribution is -0.274. The summed E-state index contributed by atoms with van der Waals surface area (Å²) in [5.41, 5.74) is 1.72. The largest absolute Gasteiger partial charge is 0.573 e. The van der Waals surface area contributed by atoms with E-state index in [0.29, 0.717) is 31.7 Å². The summed E-state index contributed by atoms with van der Waals surface area (Å²) in [4.78, 5) is 12.4. The van der Waals surface area contributed by atoms with Crippen molar-refractivity contribution in [3.63, 3.8) is 0 Å². The molecule has 2 aromatic rings. The number of benzene rings is 2. The van der Waals surface area contributed by atoms with Gasteiger partial charge in [0, 0.05) is 6.54 Å². The number of hydrogen-bond donors (Lipinski definition) is 1. The maximum atomic E-state index is 12.4. The Morgan fingerprint density at radius 3 is 2.57 bits per heavy atom. The molecule has 0 bridgehead atoms. The third-order valence-corrected chi connectivity index (χ3v) is 4.41. The maximum Gasteiger partial charge on any atom is 0.573 e. The van der Waals surface area contributed by atoms with Gasteiger partial charge in [0.1, 0.15) is 23.9 Å². The number of hydrogen-bond acceptors (Lipinski definition) is 4. The van der Waals surface area contributed by atoms with E-state index >= 15 is 0 Å². The van der Waals surface area contributed by atoms with Gasteiger partial charge in [-0.05, 0) is 54.3 Å². The molecule has 0 aliphatic carbocycles. The van der Waals surface area contributed by atoms with Gasteiger partial charge in [-0.3, -0.25) is 4.79 Å². The number of ether oxygens (including phenoxy) is 3. The van der Waals surface area contributed by atoms with Gasteiger partial charge in [0.25, 0.3) is 0 Å². The first-order valence-corrected chi connectivity index (χ1v) is 8.76. The van der Waals surface area contributed by atoms with Crippen molar-refractivity contribution in [1.29, 1.82) is 0 Å². The Balaban J connectivity index is 1.48. The van der Waals surface area contributed by atoms with Gasteiger partial charge >= 0.3 is 6.36 Å². The fourth-order valence-electron chi connectivity index (χ4n) is 3.00. The summed E-state index contributed by atoms with van der Waals surface area (Å²) < 4.78 is 51.2. The monoisotopic (exact) mass is 395 g/mol. The van der Waals surface area contributed by atoms with Crippen LogP contribution in [0.5, 0.6) is 17.2 Å². The average Bonchev–Trinajstić information content (AvgIpc) is 2.67. The van der Waals surface area contributed by atoms with E-state index in [0.717, 1.165) is 16.9 Å². The molecule has 1 aliphatic heterocycles. The van der Waals surface area contributed by atoms with Crippen LogP contribution in [-0.2, 0) is 17.6 Å². The summed E-state index contributed by atoms with van der Waals surface area (Å²) in [6, 6.07) is 11.1. The fourth-order valence-corrected chi connectivity index (χ4v) is 3.00. The smallest absolute Gasteiger partial charge is 0.497 e. The summed E-state index contributed by atoms with van der Waals surface area (Å²) >= 11 is 0. The van der Waals surface area contributed by atoms with Crippen LogP contribution in [0.15, 0.2) is 42.5 Å². The third kappa shape index (κ3) is 5.31. The van der Waals surface area contributed by atoms with Crippen LogP contribution >= 0.6 is 0 Å². The minimum absolute atomic E-state index is 0.120. The zero-order valence-corrected chi connectivity index (χ0v) is 15.2. The molecule has 8 heteroatoms. The number of methoxy groups -OCH3 is 1. The minimum atomic E-state index is -4.71. The molecule has 150 valence electrons. The topological polar surface area (TPSA) is 56.8 Å². The number of rotatable bonds is 6. The highest BCUT2D eigenvalue weighted by Crippen LogP contribution is 2.30. The number of carbonyl (C=O) groups excluding carboxylic acids is 1. The van der Waals surface area contributed by atoms with Crippen LogP contribution in [0.4, 0.5) is 13.2 Å². The van der Waals surface area contributed by atoms with Gasteiger partial charge in [-0.1, -0.05) is 12.1 Å². The predicted octanol–water partition coefficient (Wildman–Crippen LogP) is 3.50. The highest BCUT2D eigenvalue weighted by Gasteiger charge is 2.31. The van der Waals surface area contributed by atoms with Crippen LogP contribution in [0.3, 0.4) is 0 Å². The van der Waals surface area contributed by atoms with Crippen molar-refractivity contribution < 1.29 is 32.2 Å². The Hall–Kier alpha value is -2.90. The van der Waals surface area contributed by atoms with Gasteiger partial charge in [0.2, 0.25) is 5.91 Å². The van der Waals surface area contributed by atoms with E-state index in [2.05, 4.69) is 10.1 Å². The quantitative estimate of drug-likeness (QED) is 0.814. The number of amides is 1. The average molecular weight is 395 g/mol. The molecule has 1 N–H and O–H groups in total. The van der Waals surface area contributed by atoms with E-state index in [1.165, 1.54) is 12.1 Å². The van der Waals surface area contributed by atoms with Crippen molar-refractivity contribution in [1.82, 2.24) is 5.32 Å². The van der Waals surface area contributed by atoms with E-state index in [1.807, 2.05) is 18.2 Å². The molecule has 2 aromatic carbocycles. The molecule has 1 atom stereocenters. The van der Waals surface area contributed by atoms with Crippen molar-refractivity contribution in [3.8, 4) is 17.2 Å². The van der Waals surface area contributed by atoms with E-state index < -0.39 is 6.36 Å². The fraction of sp³-hybridized carbons (Fsp3) is 0.350. The standard InChI is InChI=1S/C20H20F3NO4/c1-26-17-6-7-18-14(11-17)10-15(12-27-18)19(25)24-9-8-13-2-4-16(5-3-13)28-20(21,22)23/h2-7,11,15H,8-10,12H2,1H3,(H,24,25). The van der Waals surface area contributed by atoms with Crippen LogP contribution in [-0.4, -0.2) is 32.5 Å². The summed E-state index contributed by atoms with van der Waals surface area (Å²) in [5, 5.41) is 2.85. The van der Waals surface area contributed by atoms with Gasteiger partial charge in [0.15, 0.2) is 0 Å². The van der Waals surface area contributed by atoms with Gasteiger partial charge in [-0.25, -0.2) is 0 Å². The van der Waals surface area contributed by atoms with Gasteiger partial charge < -0.3 is 19.5 Å². The Bertz CT molecular complexity index is 821. The van der Waals surface area contributed by atoms with Crippen molar-refractivity contribution in [2.75, 3.05) is 20.3 Å². The van der Waals surface area contributed by atoms with Crippen LogP contribution in [0.2, 0.25) is 0 Å². The Kier molecular flexibility index (Phi) is 5.96. The van der Waals surface area contributed by atoms with E-state index in [1.54, 1.807) is 19.2 Å². The van der Waals surface area contributed by atoms with E-state index in [9.17, 15) is 18.0 Å². The zero-order valence-electron chi connectivity index (χ0n) is 15.2. The van der Waals surface area contributed by atoms with Crippen molar-refractivity contribution in [3.05, 3.63) is 53.6 Å². The molecule has 1 amide bonds. The van der Waals surface area contributed by atoms with Gasteiger partial charge in [-0.15, -0.1) is 13.2 Å². The predicted molar refractivity (Wildman–Crippen MR) is 95.5 cm³/mol. The van der Waals surface area contributed by atoms with Crippen molar-refractivity contribution in [2.24, 2.45) is 5.92 Å². The second-order valence-electron chi connectivity index (χ2n) is 6.42. The molecule has 0 saturated heterocycles. The second kappa shape index (κ2) is 8.41. The first-order chi connectivity index (χ1) is 13.3. The minimum Gasteiger partial charge on any atom is -0.497 e. The van der Waals surface area contributed by atoms with Crippen LogP contribution < -0.4 is 19.5 Å². The molecule has 0 fully saturated rings. The number of alkyl halides is 3. The molecule has 0 saturated carbocycles. The third-order valence-electron chi connectivity index (χ3n) is 4.41. The van der Waals surface area contributed by atoms with Crippen molar-refractivity contribution >= 4 is 5.91 Å². The lowest BCUT2D eigenvalue weighted by Gasteiger charge is -2.25. The highest BCUT2D eigenvalue weighted by atomic mass is 19.4. The van der Waals surface area contributed by atoms with Gasteiger partial charge in [-0.2, -0.15) is 0 Å². The zero-order chi connectivity index (χ0) is 20.1. The van der Waals surface area contributed by atoms with Crippen LogP contribution in [0, 0.1) is 5.92 Å². The van der Waals surface area contributed by atoms with E-state index in [-0.39, 0.29) is 17.6 Å². The van der Waals surface area contributed by atoms with Crippen LogP contribution in [0.25, 0.3) is 0 Å². The summed E-state index contributed by atoms with van der Waals surface area (Å²) in [5.74, 6) is 0.772. The first kappa shape index (κ1) is 19.9. The molecule has 3 rings (SSSR count). The lowest BCUT2D eigenvalue weighted by Crippen LogP contribution is -2.38. The summed E-state index contributed by atoms with van der Waals surface area (Å²) in [7, 11) is 1.58. The van der Waals surface area contributed by atoms with Gasteiger partial charge in [0.05, 0.1) is 13.0 Å². The molecule has 28 heavy (non-hydrogen) atoms. The molecule has 0 aromatic heterocycles. The maximum absolute atomic E-state index is 12.4. The molecule has 1 heterocycles. The molecule has 0 spiro atoms. The number of carbonyl (C=O) groups is 1. The SMILES string of the molecule is COc1ccc2c(c1)CC(C(=O)NCCc1ccc(OC(F)(F)F)cc1)CO2. The number of nitrogens with one attached hydrogen (secondary N) is 1. The van der Waals surface area contributed by atoms with Crippen LogP contribution in [0.1, 0.15) is 11.1 Å². The Morgan fingerprint density at radius 1 is 1.18 bits per heavy atom. The lowest BCUT2D eigenvalue weighted by atomic mass is 9.95. The van der Waals surface area contributed by atoms with E-state index in [4.69, 9.17) is 9.47 Å². The number of fused-ring (bicyclic) bond motifs is 1. The second-order valence-corrected chi connectivity index (χ2v) is 6.42. The highest BCUT2D eigenvalue weighted by molar-refractivity contribution is 5.79. The Labute approximate surface area is 160 Å². The molecular weight excluding hydrogens is 375 g/mol. The molecule has 1 aliphatic rings. The molecular formula is C20H20F3NO4.